The number of benzene rings is 1. The predicted molar refractivity (Wildman–Crippen MR) is 87.1 cm³/mol. The maximum Gasteiger partial charge on any atom is 0.314 e. The first-order chi connectivity index (χ1) is 10.3. The molecule has 0 atom stereocenters. The summed E-state index contributed by atoms with van der Waals surface area (Å²) in [5, 5.41) is 14.0. The second kappa shape index (κ2) is 8.41. The van der Waals surface area contributed by atoms with E-state index in [9.17, 15) is 9.59 Å². The van der Waals surface area contributed by atoms with Crippen molar-refractivity contribution in [1.29, 1.82) is 0 Å². The summed E-state index contributed by atoms with van der Waals surface area (Å²) in [4.78, 5) is 22.1. The van der Waals surface area contributed by atoms with Crippen LogP contribution in [0.1, 0.15) is 44.7 Å². The molecule has 3 N–H and O–H groups in total. The van der Waals surface area contributed by atoms with Crippen molar-refractivity contribution in [1.82, 2.24) is 10.6 Å². The Hall–Kier alpha value is -2.04. The summed E-state index contributed by atoms with van der Waals surface area (Å²) in [5.74, 6) is -0.848. The highest BCUT2D eigenvalue weighted by Crippen LogP contribution is 2.22. The summed E-state index contributed by atoms with van der Waals surface area (Å²) in [6.45, 7) is 7.17. The maximum absolute atomic E-state index is 11.7. The Kier molecular flexibility index (Phi) is 6.89. The highest BCUT2D eigenvalue weighted by atomic mass is 16.4. The number of amides is 2. The standard InChI is InChI=1S/C17H26N2O3/c1-4-13-7-9-14(10-8-13)17(2,3)12-19-16(22)18-11-5-6-15(20)21/h7-10H,4-6,11-12H2,1-3H3,(H,20,21)(H2,18,19,22). The maximum atomic E-state index is 11.7. The van der Waals surface area contributed by atoms with Gasteiger partial charge in [0.2, 0.25) is 0 Å². The first-order valence-electron chi connectivity index (χ1n) is 7.68. The Labute approximate surface area is 132 Å². The molecule has 22 heavy (non-hydrogen) atoms. The SMILES string of the molecule is CCc1ccc(C(C)(C)CNC(=O)NCCCC(=O)O)cc1. The summed E-state index contributed by atoms with van der Waals surface area (Å²) >= 11 is 0. The topological polar surface area (TPSA) is 78.4 Å². The van der Waals surface area contributed by atoms with Gasteiger partial charge < -0.3 is 15.7 Å². The second-order valence-electron chi connectivity index (χ2n) is 6.04. The van der Waals surface area contributed by atoms with Gasteiger partial charge in [-0.15, -0.1) is 0 Å². The molecule has 122 valence electrons. The number of aliphatic carboxylic acids is 1. The summed E-state index contributed by atoms with van der Waals surface area (Å²) in [6.07, 6.45) is 1.51. The third-order valence-corrected chi connectivity index (χ3v) is 3.69. The van der Waals surface area contributed by atoms with Crippen molar-refractivity contribution < 1.29 is 14.7 Å². The van der Waals surface area contributed by atoms with Crippen molar-refractivity contribution >= 4 is 12.0 Å². The van der Waals surface area contributed by atoms with E-state index >= 15 is 0 Å². The molecule has 0 aliphatic rings. The fourth-order valence-electron chi connectivity index (χ4n) is 2.10. The molecule has 0 aromatic heterocycles. The number of carbonyl (C=O) groups is 2. The second-order valence-corrected chi connectivity index (χ2v) is 6.04. The number of urea groups is 1. The molecule has 0 saturated heterocycles. The Morgan fingerprint density at radius 1 is 1.14 bits per heavy atom. The zero-order valence-corrected chi connectivity index (χ0v) is 13.6. The van der Waals surface area contributed by atoms with E-state index in [2.05, 4.69) is 55.7 Å². The number of aryl methyl sites for hydroxylation is 1. The molecule has 2 amide bonds. The van der Waals surface area contributed by atoms with E-state index in [-0.39, 0.29) is 17.9 Å². The van der Waals surface area contributed by atoms with E-state index in [1.807, 2.05) is 0 Å². The number of carbonyl (C=O) groups excluding carboxylic acids is 1. The number of carboxylic acids is 1. The van der Waals surface area contributed by atoms with Crippen LogP contribution in [0, 0.1) is 0 Å². The Morgan fingerprint density at radius 2 is 1.77 bits per heavy atom. The highest BCUT2D eigenvalue weighted by Gasteiger charge is 2.21. The van der Waals surface area contributed by atoms with Gasteiger partial charge in [-0.3, -0.25) is 4.79 Å². The fraction of sp³-hybridized carbons (Fsp3) is 0.529. The fourth-order valence-corrected chi connectivity index (χ4v) is 2.10. The molecule has 0 saturated carbocycles. The van der Waals surface area contributed by atoms with Gasteiger partial charge in [0.1, 0.15) is 0 Å². The first kappa shape index (κ1) is 18.0. The van der Waals surface area contributed by atoms with Crippen LogP contribution in [0.3, 0.4) is 0 Å². The Bertz CT molecular complexity index is 495. The lowest BCUT2D eigenvalue weighted by Crippen LogP contribution is -2.42. The molecule has 1 aromatic rings. The molecule has 5 heteroatoms. The van der Waals surface area contributed by atoms with Gasteiger partial charge in [-0.25, -0.2) is 4.79 Å². The third-order valence-electron chi connectivity index (χ3n) is 3.69. The van der Waals surface area contributed by atoms with E-state index in [4.69, 9.17) is 5.11 Å². The summed E-state index contributed by atoms with van der Waals surface area (Å²) < 4.78 is 0. The molecule has 1 aromatic carbocycles. The largest absolute Gasteiger partial charge is 0.481 e. The van der Waals surface area contributed by atoms with Crippen molar-refractivity contribution in [3.05, 3.63) is 35.4 Å². The van der Waals surface area contributed by atoms with Gasteiger partial charge in [0.05, 0.1) is 0 Å². The van der Waals surface area contributed by atoms with Crippen LogP contribution in [0.25, 0.3) is 0 Å². The van der Waals surface area contributed by atoms with E-state index < -0.39 is 5.97 Å². The van der Waals surface area contributed by atoms with Crippen molar-refractivity contribution in [2.75, 3.05) is 13.1 Å². The molecule has 0 aliphatic carbocycles. The van der Waals surface area contributed by atoms with Crippen LogP contribution in [-0.4, -0.2) is 30.2 Å². The van der Waals surface area contributed by atoms with Gasteiger partial charge in [-0.2, -0.15) is 0 Å². The summed E-state index contributed by atoms with van der Waals surface area (Å²) in [6, 6.07) is 8.17. The number of nitrogens with one attached hydrogen (secondary N) is 2. The van der Waals surface area contributed by atoms with Gasteiger partial charge >= 0.3 is 12.0 Å². The minimum absolute atomic E-state index is 0.0650. The average molecular weight is 306 g/mol. The lowest BCUT2D eigenvalue weighted by Gasteiger charge is -2.26. The lowest BCUT2D eigenvalue weighted by molar-refractivity contribution is -0.137. The van der Waals surface area contributed by atoms with Crippen LogP contribution in [0.2, 0.25) is 0 Å². The average Bonchev–Trinajstić information content (AvgIpc) is 2.49. The van der Waals surface area contributed by atoms with Crippen molar-refractivity contribution in [2.45, 2.75) is 45.4 Å². The molecule has 5 nitrogen and oxygen atoms in total. The van der Waals surface area contributed by atoms with Gasteiger partial charge in [0.15, 0.2) is 0 Å². The number of carboxylic acid groups (broad SMARTS) is 1. The zero-order chi connectivity index (χ0) is 16.6. The molecule has 0 unspecified atom stereocenters. The minimum Gasteiger partial charge on any atom is -0.481 e. The molecule has 0 fully saturated rings. The molecule has 0 bridgehead atoms. The smallest absolute Gasteiger partial charge is 0.314 e. The summed E-state index contributed by atoms with van der Waals surface area (Å²) in [5.41, 5.74) is 2.31. The van der Waals surface area contributed by atoms with Gasteiger partial charge in [0, 0.05) is 24.9 Å². The van der Waals surface area contributed by atoms with Crippen LogP contribution >= 0.6 is 0 Å². The number of hydrogen-bond acceptors (Lipinski definition) is 2. The zero-order valence-electron chi connectivity index (χ0n) is 13.6. The van der Waals surface area contributed by atoms with Crippen molar-refractivity contribution in [3.8, 4) is 0 Å². The van der Waals surface area contributed by atoms with E-state index in [1.165, 1.54) is 11.1 Å². The van der Waals surface area contributed by atoms with Gasteiger partial charge in [-0.05, 0) is 24.0 Å². The number of rotatable bonds is 8. The van der Waals surface area contributed by atoms with Gasteiger partial charge in [0.25, 0.3) is 0 Å². The molecule has 0 spiro atoms. The number of hydrogen-bond donors (Lipinski definition) is 3. The van der Waals surface area contributed by atoms with E-state index in [0.717, 1.165) is 6.42 Å². The first-order valence-corrected chi connectivity index (χ1v) is 7.68. The van der Waals surface area contributed by atoms with Crippen molar-refractivity contribution in [2.24, 2.45) is 0 Å². The van der Waals surface area contributed by atoms with E-state index in [1.54, 1.807) is 0 Å². The monoisotopic (exact) mass is 306 g/mol. The third kappa shape index (κ3) is 6.16. The van der Waals surface area contributed by atoms with Gasteiger partial charge in [-0.1, -0.05) is 45.0 Å². The summed E-state index contributed by atoms with van der Waals surface area (Å²) in [7, 11) is 0. The van der Waals surface area contributed by atoms with E-state index in [0.29, 0.717) is 19.5 Å². The Morgan fingerprint density at radius 3 is 2.32 bits per heavy atom. The molecule has 0 heterocycles. The molecular weight excluding hydrogens is 280 g/mol. The molecular formula is C17H26N2O3. The molecule has 0 aliphatic heterocycles. The highest BCUT2D eigenvalue weighted by molar-refractivity contribution is 5.74. The lowest BCUT2D eigenvalue weighted by atomic mass is 9.84. The Balaban J connectivity index is 2.40. The van der Waals surface area contributed by atoms with Crippen molar-refractivity contribution in [3.63, 3.8) is 0 Å². The normalized spacial score (nSPS) is 11.0. The minimum atomic E-state index is -0.848. The van der Waals surface area contributed by atoms with Crippen LogP contribution in [0.15, 0.2) is 24.3 Å². The predicted octanol–water partition coefficient (Wildman–Crippen LogP) is 2.69. The molecule has 0 radical (unpaired) electrons. The quantitative estimate of drug-likeness (QED) is 0.646. The van der Waals surface area contributed by atoms with Crippen LogP contribution < -0.4 is 10.6 Å². The van der Waals surface area contributed by atoms with Crippen LogP contribution in [-0.2, 0) is 16.6 Å². The van der Waals surface area contributed by atoms with Crippen LogP contribution in [0.5, 0.6) is 0 Å². The van der Waals surface area contributed by atoms with Crippen LogP contribution in [0.4, 0.5) is 4.79 Å². The molecule has 1 rings (SSSR count).